The van der Waals surface area contributed by atoms with Crippen LogP contribution in [0.2, 0.25) is 0 Å². The fourth-order valence-electron chi connectivity index (χ4n) is 3.85. The standard InChI is InChI=1S/C20H33N/c1-5-21-19(16-12-8-6-7-9-13-16)17-14-10-11-15-18(17)20(2,3)4/h10-11,14-16,19,21H,5-9,12-13H2,1-4H3. The quantitative estimate of drug-likeness (QED) is 0.710. The highest BCUT2D eigenvalue weighted by molar-refractivity contribution is 5.35. The molecule has 21 heavy (non-hydrogen) atoms. The van der Waals surface area contributed by atoms with Crippen molar-refractivity contribution in [2.24, 2.45) is 5.92 Å². The monoisotopic (exact) mass is 287 g/mol. The van der Waals surface area contributed by atoms with Crippen molar-refractivity contribution >= 4 is 0 Å². The molecule has 0 spiro atoms. The number of hydrogen-bond acceptors (Lipinski definition) is 1. The van der Waals surface area contributed by atoms with Gasteiger partial charge in [0.15, 0.2) is 0 Å². The Labute approximate surface area is 131 Å². The predicted octanol–water partition coefficient (Wildman–Crippen LogP) is 5.61. The smallest absolute Gasteiger partial charge is 0.0351 e. The average Bonchev–Trinajstić information content (AvgIpc) is 2.73. The first kappa shape index (κ1) is 16.5. The molecule has 0 heterocycles. The van der Waals surface area contributed by atoms with Gasteiger partial charge in [-0.2, -0.15) is 0 Å². The summed E-state index contributed by atoms with van der Waals surface area (Å²) in [5, 5.41) is 3.81. The van der Waals surface area contributed by atoms with E-state index in [9.17, 15) is 0 Å². The first-order chi connectivity index (χ1) is 10.0. The Morgan fingerprint density at radius 2 is 1.67 bits per heavy atom. The molecule has 1 aliphatic carbocycles. The van der Waals surface area contributed by atoms with Gasteiger partial charge in [-0.3, -0.25) is 0 Å². The summed E-state index contributed by atoms with van der Waals surface area (Å²) in [5.74, 6) is 0.802. The molecule has 0 aromatic heterocycles. The summed E-state index contributed by atoms with van der Waals surface area (Å²) in [4.78, 5) is 0. The number of nitrogens with one attached hydrogen (secondary N) is 1. The lowest BCUT2D eigenvalue weighted by atomic mass is 9.77. The second kappa shape index (κ2) is 7.45. The van der Waals surface area contributed by atoms with Crippen molar-refractivity contribution in [3.05, 3.63) is 35.4 Å². The Hall–Kier alpha value is -0.820. The molecule has 1 aliphatic rings. The van der Waals surface area contributed by atoms with Crippen molar-refractivity contribution < 1.29 is 0 Å². The zero-order valence-corrected chi connectivity index (χ0v) is 14.4. The highest BCUT2D eigenvalue weighted by Gasteiger charge is 2.28. The third-order valence-electron chi connectivity index (χ3n) is 4.90. The molecule has 1 heteroatoms. The van der Waals surface area contributed by atoms with Crippen LogP contribution in [0.1, 0.15) is 83.4 Å². The molecule has 1 aromatic rings. The summed E-state index contributed by atoms with van der Waals surface area (Å²) in [6.07, 6.45) is 8.44. The zero-order chi connectivity index (χ0) is 15.3. The van der Waals surface area contributed by atoms with Crippen LogP contribution in [0.5, 0.6) is 0 Å². The number of hydrogen-bond donors (Lipinski definition) is 1. The van der Waals surface area contributed by atoms with E-state index in [2.05, 4.69) is 57.3 Å². The molecule has 1 atom stereocenters. The summed E-state index contributed by atoms with van der Waals surface area (Å²) in [7, 11) is 0. The van der Waals surface area contributed by atoms with Crippen LogP contribution < -0.4 is 5.32 Å². The van der Waals surface area contributed by atoms with Gasteiger partial charge in [-0.15, -0.1) is 0 Å². The van der Waals surface area contributed by atoms with Gasteiger partial charge in [-0.25, -0.2) is 0 Å². The van der Waals surface area contributed by atoms with Gasteiger partial charge in [0, 0.05) is 6.04 Å². The number of rotatable bonds is 4. The summed E-state index contributed by atoms with van der Waals surface area (Å²) in [6, 6.07) is 9.63. The third kappa shape index (κ3) is 4.32. The van der Waals surface area contributed by atoms with Gasteiger partial charge in [0.2, 0.25) is 0 Å². The van der Waals surface area contributed by atoms with Crippen LogP contribution >= 0.6 is 0 Å². The van der Waals surface area contributed by atoms with Crippen LogP contribution in [0.25, 0.3) is 0 Å². The fraction of sp³-hybridized carbons (Fsp3) is 0.700. The second-order valence-electron chi connectivity index (χ2n) is 7.62. The maximum atomic E-state index is 3.81. The van der Waals surface area contributed by atoms with E-state index in [1.165, 1.54) is 44.1 Å². The Bertz CT molecular complexity index is 422. The third-order valence-corrected chi connectivity index (χ3v) is 4.90. The lowest BCUT2D eigenvalue weighted by Gasteiger charge is -2.32. The lowest BCUT2D eigenvalue weighted by Crippen LogP contribution is -2.30. The van der Waals surface area contributed by atoms with Gasteiger partial charge in [0.05, 0.1) is 0 Å². The Morgan fingerprint density at radius 3 is 2.24 bits per heavy atom. The van der Waals surface area contributed by atoms with Gasteiger partial charge < -0.3 is 5.32 Å². The average molecular weight is 287 g/mol. The van der Waals surface area contributed by atoms with E-state index in [4.69, 9.17) is 0 Å². The van der Waals surface area contributed by atoms with Gasteiger partial charge in [0.1, 0.15) is 0 Å². The predicted molar refractivity (Wildman–Crippen MR) is 92.8 cm³/mol. The van der Waals surface area contributed by atoms with Crippen molar-refractivity contribution in [1.29, 1.82) is 0 Å². The second-order valence-corrected chi connectivity index (χ2v) is 7.62. The molecular weight excluding hydrogens is 254 g/mol. The highest BCUT2D eigenvalue weighted by atomic mass is 14.9. The first-order valence-electron chi connectivity index (χ1n) is 8.87. The van der Waals surface area contributed by atoms with Gasteiger partial charge in [-0.1, -0.05) is 77.6 Å². The largest absolute Gasteiger partial charge is 0.310 e. The van der Waals surface area contributed by atoms with Crippen LogP contribution in [-0.2, 0) is 5.41 Å². The maximum Gasteiger partial charge on any atom is 0.0351 e. The number of benzene rings is 1. The molecule has 1 N–H and O–H groups in total. The van der Waals surface area contributed by atoms with Crippen LogP contribution in [-0.4, -0.2) is 6.54 Å². The minimum absolute atomic E-state index is 0.217. The molecule has 0 radical (unpaired) electrons. The van der Waals surface area contributed by atoms with Gasteiger partial charge >= 0.3 is 0 Å². The minimum Gasteiger partial charge on any atom is -0.310 e. The van der Waals surface area contributed by atoms with Crippen LogP contribution in [0.4, 0.5) is 0 Å². The molecule has 0 bridgehead atoms. The van der Waals surface area contributed by atoms with E-state index in [-0.39, 0.29) is 5.41 Å². The Kier molecular flexibility index (Phi) is 5.87. The fourth-order valence-corrected chi connectivity index (χ4v) is 3.85. The lowest BCUT2D eigenvalue weighted by molar-refractivity contribution is 0.326. The minimum atomic E-state index is 0.217. The SMILES string of the molecule is CCNC(c1ccccc1C(C)(C)C)C1CCCCCC1. The van der Waals surface area contributed by atoms with Crippen LogP contribution in [0, 0.1) is 5.92 Å². The van der Waals surface area contributed by atoms with Gasteiger partial charge in [0.25, 0.3) is 0 Å². The summed E-state index contributed by atoms with van der Waals surface area (Å²) in [5.41, 5.74) is 3.27. The van der Waals surface area contributed by atoms with Crippen molar-refractivity contribution in [2.75, 3.05) is 6.54 Å². The van der Waals surface area contributed by atoms with Gasteiger partial charge in [-0.05, 0) is 41.8 Å². The molecule has 1 nitrogen and oxygen atoms in total. The van der Waals surface area contributed by atoms with E-state index < -0.39 is 0 Å². The summed E-state index contributed by atoms with van der Waals surface area (Å²) < 4.78 is 0. The van der Waals surface area contributed by atoms with E-state index in [0.717, 1.165) is 12.5 Å². The van der Waals surface area contributed by atoms with Crippen molar-refractivity contribution in [2.45, 2.75) is 77.7 Å². The molecule has 2 rings (SSSR count). The molecule has 1 fully saturated rings. The summed E-state index contributed by atoms with van der Waals surface area (Å²) >= 11 is 0. The van der Waals surface area contributed by atoms with Crippen molar-refractivity contribution in [1.82, 2.24) is 5.32 Å². The van der Waals surface area contributed by atoms with Crippen LogP contribution in [0.3, 0.4) is 0 Å². The molecule has 1 aromatic carbocycles. The molecule has 118 valence electrons. The van der Waals surface area contributed by atoms with E-state index in [1.54, 1.807) is 5.56 Å². The van der Waals surface area contributed by atoms with E-state index in [1.807, 2.05) is 0 Å². The van der Waals surface area contributed by atoms with E-state index in [0.29, 0.717) is 6.04 Å². The molecule has 1 saturated carbocycles. The van der Waals surface area contributed by atoms with Crippen LogP contribution in [0.15, 0.2) is 24.3 Å². The highest BCUT2D eigenvalue weighted by Crippen LogP contribution is 2.38. The normalized spacial score (nSPS) is 19.2. The maximum absolute atomic E-state index is 3.81. The molecule has 0 saturated heterocycles. The molecule has 0 aliphatic heterocycles. The molecule has 1 unspecified atom stereocenters. The van der Waals surface area contributed by atoms with Crippen molar-refractivity contribution in [3.8, 4) is 0 Å². The zero-order valence-electron chi connectivity index (χ0n) is 14.4. The molecule has 0 amide bonds. The Balaban J connectivity index is 2.33. The molecular formula is C20H33N. The van der Waals surface area contributed by atoms with E-state index >= 15 is 0 Å². The summed E-state index contributed by atoms with van der Waals surface area (Å²) in [6.45, 7) is 10.3. The Morgan fingerprint density at radius 1 is 1.05 bits per heavy atom. The first-order valence-corrected chi connectivity index (χ1v) is 8.87. The van der Waals surface area contributed by atoms with Crippen molar-refractivity contribution in [3.63, 3.8) is 0 Å². The topological polar surface area (TPSA) is 12.0 Å².